The molecule has 1 amide bonds. The molecular weight excluding hydrogens is 246 g/mol. The summed E-state index contributed by atoms with van der Waals surface area (Å²) in [6.45, 7) is 6.61. The standard InChI is InChI=1S/C13H19N3O3/c1-7(2)11-14-8(3)10(12(18)15-11)13(19)16-4-9(5-16)6-17/h7,9,17H,4-6H2,1-3H3,(H,14,15,18). The lowest BCUT2D eigenvalue weighted by atomic mass is 10.00. The summed E-state index contributed by atoms with van der Waals surface area (Å²) in [6, 6.07) is 0. The predicted octanol–water partition coefficient (Wildman–Crippen LogP) is 0.266. The Morgan fingerprint density at radius 2 is 2.16 bits per heavy atom. The molecule has 0 radical (unpaired) electrons. The smallest absolute Gasteiger partial charge is 0.264 e. The van der Waals surface area contributed by atoms with E-state index < -0.39 is 0 Å². The molecule has 0 aliphatic carbocycles. The lowest BCUT2D eigenvalue weighted by Gasteiger charge is -2.38. The number of aryl methyl sites for hydroxylation is 1. The maximum atomic E-state index is 12.2. The molecule has 0 spiro atoms. The van der Waals surface area contributed by atoms with E-state index in [0.29, 0.717) is 24.6 Å². The Morgan fingerprint density at radius 3 is 2.63 bits per heavy atom. The molecule has 1 aliphatic heterocycles. The highest BCUT2D eigenvalue weighted by molar-refractivity contribution is 5.95. The number of amides is 1. The Kier molecular flexibility index (Phi) is 3.71. The number of nitrogens with zero attached hydrogens (tertiary/aromatic N) is 2. The molecule has 0 aromatic carbocycles. The van der Waals surface area contributed by atoms with Gasteiger partial charge in [-0.3, -0.25) is 9.59 Å². The van der Waals surface area contributed by atoms with E-state index in [4.69, 9.17) is 5.11 Å². The van der Waals surface area contributed by atoms with Crippen molar-refractivity contribution in [3.05, 3.63) is 27.4 Å². The van der Waals surface area contributed by atoms with Crippen molar-refractivity contribution in [2.45, 2.75) is 26.7 Å². The second-order valence-corrected chi connectivity index (χ2v) is 5.33. The zero-order chi connectivity index (χ0) is 14.2. The summed E-state index contributed by atoms with van der Waals surface area (Å²) in [5, 5.41) is 8.94. The first-order valence-corrected chi connectivity index (χ1v) is 6.45. The number of hydrogen-bond donors (Lipinski definition) is 2. The summed E-state index contributed by atoms with van der Waals surface area (Å²) in [6.07, 6.45) is 0. The largest absolute Gasteiger partial charge is 0.396 e. The van der Waals surface area contributed by atoms with Gasteiger partial charge in [0.05, 0.1) is 5.69 Å². The number of carbonyl (C=O) groups is 1. The van der Waals surface area contributed by atoms with Crippen LogP contribution in [0.3, 0.4) is 0 Å². The zero-order valence-corrected chi connectivity index (χ0v) is 11.4. The minimum atomic E-state index is -0.381. The minimum Gasteiger partial charge on any atom is -0.396 e. The van der Waals surface area contributed by atoms with Crippen LogP contribution in [0.15, 0.2) is 4.79 Å². The maximum absolute atomic E-state index is 12.2. The van der Waals surface area contributed by atoms with Crippen molar-refractivity contribution in [1.29, 1.82) is 0 Å². The van der Waals surface area contributed by atoms with Gasteiger partial charge in [-0.25, -0.2) is 4.98 Å². The fourth-order valence-electron chi connectivity index (χ4n) is 2.14. The molecule has 2 heterocycles. The molecule has 0 saturated carbocycles. The number of carbonyl (C=O) groups excluding carboxylic acids is 1. The molecule has 1 aromatic rings. The van der Waals surface area contributed by atoms with Crippen LogP contribution < -0.4 is 5.56 Å². The quantitative estimate of drug-likeness (QED) is 0.821. The summed E-state index contributed by atoms with van der Waals surface area (Å²) in [5.41, 5.74) is 0.194. The molecule has 2 N–H and O–H groups in total. The predicted molar refractivity (Wildman–Crippen MR) is 70.2 cm³/mol. The molecule has 2 rings (SSSR count). The van der Waals surface area contributed by atoms with Crippen LogP contribution in [0, 0.1) is 12.8 Å². The van der Waals surface area contributed by atoms with Crippen LogP contribution in [0.4, 0.5) is 0 Å². The lowest BCUT2D eigenvalue weighted by molar-refractivity contribution is 0.0359. The van der Waals surface area contributed by atoms with Gasteiger partial charge in [0.25, 0.3) is 11.5 Å². The van der Waals surface area contributed by atoms with Gasteiger partial charge in [-0.2, -0.15) is 0 Å². The molecule has 6 heteroatoms. The van der Waals surface area contributed by atoms with E-state index in [-0.39, 0.29) is 35.5 Å². The van der Waals surface area contributed by atoms with Crippen LogP contribution in [-0.2, 0) is 0 Å². The summed E-state index contributed by atoms with van der Waals surface area (Å²) in [7, 11) is 0. The number of H-pyrrole nitrogens is 1. The topological polar surface area (TPSA) is 86.3 Å². The van der Waals surface area contributed by atoms with E-state index in [1.165, 1.54) is 0 Å². The monoisotopic (exact) mass is 265 g/mol. The van der Waals surface area contributed by atoms with Crippen molar-refractivity contribution in [3.8, 4) is 0 Å². The molecule has 104 valence electrons. The highest BCUT2D eigenvalue weighted by atomic mass is 16.3. The van der Waals surface area contributed by atoms with E-state index >= 15 is 0 Å². The SMILES string of the molecule is Cc1nc(C(C)C)[nH]c(=O)c1C(=O)N1CC(CO)C1. The Hall–Kier alpha value is -1.69. The molecule has 1 saturated heterocycles. The van der Waals surface area contributed by atoms with Crippen molar-refractivity contribution >= 4 is 5.91 Å². The normalized spacial score (nSPS) is 15.7. The Labute approximate surface area is 111 Å². The number of nitrogens with one attached hydrogen (secondary N) is 1. The van der Waals surface area contributed by atoms with Crippen molar-refractivity contribution in [2.24, 2.45) is 5.92 Å². The van der Waals surface area contributed by atoms with E-state index in [9.17, 15) is 9.59 Å². The molecule has 0 bridgehead atoms. The molecule has 19 heavy (non-hydrogen) atoms. The van der Waals surface area contributed by atoms with Crippen molar-refractivity contribution in [2.75, 3.05) is 19.7 Å². The first-order chi connectivity index (χ1) is 8.93. The highest BCUT2D eigenvalue weighted by Crippen LogP contribution is 2.18. The number of likely N-dealkylation sites (tertiary alicyclic amines) is 1. The van der Waals surface area contributed by atoms with Crippen LogP contribution in [0.5, 0.6) is 0 Å². The molecule has 6 nitrogen and oxygen atoms in total. The molecule has 1 fully saturated rings. The lowest BCUT2D eigenvalue weighted by Crippen LogP contribution is -2.52. The molecule has 1 aliphatic rings. The summed E-state index contributed by atoms with van der Waals surface area (Å²) in [5.74, 6) is 0.534. The van der Waals surface area contributed by atoms with Crippen LogP contribution >= 0.6 is 0 Å². The summed E-state index contributed by atoms with van der Waals surface area (Å²) in [4.78, 5) is 32.7. The molecular formula is C13H19N3O3. The van der Waals surface area contributed by atoms with Gasteiger partial charge < -0.3 is 15.0 Å². The van der Waals surface area contributed by atoms with Crippen LogP contribution in [0.1, 0.15) is 41.6 Å². The fourth-order valence-corrected chi connectivity index (χ4v) is 2.14. The van der Waals surface area contributed by atoms with Gasteiger partial charge in [0.2, 0.25) is 0 Å². The Balaban J connectivity index is 2.26. The molecule has 0 atom stereocenters. The first-order valence-electron chi connectivity index (χ1n) is 6.45. The highest BCUT2D eigenvalue weighted by Gasteiger charge is 2.32. The fraction of sp³-hybridized carbons (Fsp3) is 0.615. The third-order valence-electron chi connectivity index (χ3n) is 3.38. The third-order valence-corrected chi connectivity index (χ3v) is 3.38. The van der Waals surface area contributed by atoms with E-state index in [2.05, 4.69) is 9.97 Å². The number of aliphatic hydroxyl groups is 1. The van der Waals surface area contributed by atoms with Gasteiger partial charge >= 0.3 is 0 Å². The van der Waals surface area contributed by atoms with Gasteiger partial charge in [-0.15, -0.1) is 0 Å². The van der Waals surface area contributed by atoms with Gasteiger partial charge in [0.15, 0.2) is 0 Å². The van der Waals surface area contributed by atoms with E-state index in [1.807, 2.05) is 13.8 Å². The van der Waals surface area contributed by atoms with Crippen molar-refractivity contribution in [1.82, 2.24) is 14.9 Å². The van der Waals surface area contributed by atoms with Crippen LogP contribution in [0.25, 0.3) is 0 Å². The van der Waals surface area contributed by atoms with Crippen LogP contribution in [0.2, 0.25) is 0 Å². The first kappa shape index (κ1) is 13.7. The average Bonchev–Trinajstić information content (AvgIpc) is 2.26. The number of aromatic amines is 1. The Bertz CT molecular complexity index is 545. The molecule has 1 aromatic heterocycles. The van der Waals surface area contributed by atoms with E-state index in [1.54, 1.807) is 11.8 Å². The van der Waals surface area contributed by atoms with Crippen LogP contribution in [-0.4, -0.2) is 45.6 Å². The van der Waals surface area contributed by atoms with E-state index in [0.717, 1.165) is 0 Å². The van der Waals surface area contributed by atoms with Gasteiger partial charge in [0, 0.05) is 31.5 Å². The summed E-state index contributed by atoms with van der Waals surface area (Å²) < 4.78 is 0. The number of hydrogen-bond acceptors (Lipinski definition) is 4. The maximum Gasteiger partial charge on any atom is 0.264 e. The second kappa shape index (κ2) is 5.13. The van der Waals surface area contributed by atoms with Gasteiger partial charge in [0.1, 0.15) is 11.4 Å². The number of aliphatic hydroxyl groups excluding tert-OH is 1. The summed E-state index contributed by atoms with van der Waals surface area (Å²) >= 11 is 0. The second-order valence-electron chi connectivity index (χ2n) is 5.33. The number of aromatic nitrogens is 2. The van der Waals surface area contributed by atoms with Crippen molar-refractivity contribution < 1.29 is 9.90 Å². The average molecular weight is 265 g/mol. The molecule has 0 unspecified atom stereocenters. The van der Waals surface area contributed by atoms with Gasteiger partial charge in [-0.1, -0.05) is 13.8 Å². The Morgan fingerprint density at radius 1 is 1.53 bits per heavy atom. The zero-order valence-electron chi connectivity index (χ0n) is 11.4. The number of rotatable bonds is 3. The van der Waals surface area contributed by atoms with Gasteiger partial charge in [-0.05, 0) is 6.92 Å². The van der Waals surface area contributed by atoms with Crippen molar-refractivity contribution in [3.63, 3.8) is 0 Å². The minimum absolute atomic E-state index is 0.0731. The third kappa shape index (κ3) is 2.53.